The van der Waals surface area contributed by atoms with Gasteiger partial charge < -0.3 is 0 Å². The molecule has 0 N–H and O–H groups in total. The molecule has 0 aliphatic carbocycles. The van der Waals surface area contributed by atoms with E-state index in [9.17, 15) is 20.2 Å². The zero-order valence-corrected chi connectivity index (χ0v) is 7.40. The van der Waals surface area contributed by atoms with Crippen molar-refractivity contribution in [2.45, 2.75) is 12.3 Å². The van der Waals surface area contributed by atoms with Crippen LogP contribution in [0.25, 0.3) is 0 Å². The summed E-state index contributed by atoms with van der Waals surface area (Å²) in [5, 5.41) is 20.8. The maximum atomic E-state index is 10.4. The number of nitrogens with zero attached hydrogens (tertiary/aromatic N) is 2. The summed E-state index contributed by atoms with van der Waals surface area (Å²) in [4.78, 5) is 19.7. The predicted molar refractivity (Wildman–Crippen MR) is 47.7 cm³/mol. The monoisotopic (exact) mass is 210 g/mol. The van der Waals surface area contributed by atoms with Gasteiger partial charge >= 0.3 is 6.23 Å². The molecule has 0 saturated carbocycles. The van der Waals surface area contributed by atoms with Gasteiger partial charge in [-0.15, -0.1) is 0 Å². The summed E-state index contributed by atoms with van der Waals surface area (Å²) >= 11 is 0. The molecule has 0 radical (unpaired) electrons. The molecule has 15 heavy (non-hydrogen) atoms. The van der Waals surface area contributed by atoms with Crippen molar-refractivity contribution >= 4 is 5.69 Å². The fourth-order valence-electron chi connectivity index (χ4n) is 1.32. The van der Waals surface area contributed by atoms with Crippen LogP contribution in [-0.4, -0.2) is 16.1 Å². The van der Waals surface area contributed by atoms with Crippen LogP contribution in [0, 0.1) is 20.2 Å². The van der Waals surface area contributed by atoms with Gasteiger partial charge in [0, 0.05) is 12.1 Å². The Balaban J connectivity index is 2.20. The van der Waals surface area contributed by atoms with E-state index in [1.807, 2.05) is 0 Å². The van der Waals surface area contributed by atoms with E-state index in [4.69, 9.17) is 4.74 Å². The van der Waals surface area contributed by atoms with Crippen molar-refractivity contribution < 1.29 is 14.6 Å². The molecule has 1 aliphatic heterocycles. The second kappa shape index (κ2) is 3.28. The first kappa shape index (κ1) is 9.53. The van der Waals surface area contributed by atoms with Gasteiger partial charge in [-0.25, -0.2) is 0 Å². The molecule has 1 saturated heterocycles. The van der Waals surface area contributed by atoms with E-state index in [-0.39, 0.29) is 5.69 Å². The summed E-state index contributed by atoms with van der Waals surface area (Å²) in [7, 11) is 0. The summed E-state index contributed by atoms with van der Waals surface area (Å²) in [5.41, 5.74) is 0.371. The SMILES string of the molecule is O=[N+]([O-])c1cccc(C2OC2[N+](=O)[O-])c1. The number of hydrogen-bond acceptors (Lipinski definition) is 5. The molecule has 1 aromatic carbocycles. The van der Waals surface area contributed by atoms with Gasteiger partial charge in [-0.3, -0.25) is 25.0 Å². The van der Waals surface area contributed by atoms with Crippen molar-refractivity contribution in [2.75, 3.05) is 0 Å². The third-order valence-electron chi connectivity index (χ3n) is 2.09. The molecule has 78 valence electrons. The lowest BCUT2D eigenvalue weighted by atomic mass is 10.1. The van der Waals surface area contributed by atoms with Crippen molar-refractivity contribution in [2.24, 2.45) is 0 Å². The molecule has 2 atom stereocenters. The van der Waals surface area contributed by atoms with Gasteiger partial charge in [-0.05, 0) is 5.56 Å². The highest BCUT2D eigenvalue weighted by Gasteiger charge is 2.51. The highest BCUT2D eigenvalue weighted by molar-refractivity contribution is 5.36. The summed E-state index contributed by atoms with van der Waals surface area (Å²) in [5.74, 6) is 0. The topological polar surface area (TPSA) is 98.8 Å². The largest absolute Gasteiger partial charge is 0.347 e. The van der Waals surface area contributed by atoms with Gasteiger partial charge in [-0.1, -0.05) is 12.1 Å². The van der Waals surface area contributed by atoms with E-state index in [0.717, 1.165) is 0 Å². The van der Waals surface area contributed by atoms with E-state index in [1.54, 1.807) is 6.07 Å². The Morgan fingerprint density at radius 3 is 2.53 bits per heavy atom. The molecule has 1 heterocycles. The quantitative estimate of drug-likeness (QED) is 0.425. The molecule has 0 aromatic heterocycles. The maximum absolute atomic E-state index is 10.4. The summed E-state index contributed by atoms with van der Waals surface area (Å²) < 4.78 is 4.78. The van der Waals surface area contributed by atoms with Crippen molar-refractivity contribution in [1.82, 2.24) is 0 Å². The minimum atomic E-state index is -1.06. The lowest BCUT2D eigenvalue weighted by Crippen LogP contribution is -2.03. The number of hydrogen-bond donors (Lipinski definition) is 0. The molecule has 0 bridgehead atoms. The van der Waals surface area contributed by atoms with E-state index >= 15 is 0 Å². The van der Waals surface area contributed by atoms with Gasteiger partial charge in [0.1, 0.15) is 0 Å². The van der Waals surface area contributed by atoms with Crippen LogP contribution in [0.3, 0.4) is 0 Å². The number of rotatable bonds is 3. The zero-order valence-electron chi connectivity index (χ0n) is 7.40. The van der Waals surface area contributed by atoms with Crippen molar-refractivity contribution in [3.05, 3.63) is 50.1 Å². The van der Waals surface area contributed by atoms with E-state index in [0.29, 0.717) is 5.56 Å². The summed E-state index contributed by atoms with van der Waals surface area (Å²) in [6.45, 7) is 0. The predicted octanol–water partition coefficient (Wildman–Crippen LogP) is 1.27. The Bertz CT molecular complexity index is 433. The van der Waals surface area contributed by atoms with Gasteiger partial charge in [0.15, 0.2) is 6.10 Å². The molecule has 1 aliphatic rings. The van der Waals surface area contributed by atoms with Gasteiger partial charge in [0.2, 0.25) is 0 Å². The molecular formula is C8H6N2O5. The Kier molecular flexibility index (Phi) is 2.09. The molecule has 1 aromatic rings. The zero-order chi connectivity index (χ0) is 11.0. The minimum Gasteiger partial charge on any atom is -0.296 e. The average molecular weight is 210 g/mol. The van der Waals surface area contributed by atoms with Crippen LogP contribution >= 0.6 is 0 Å². The lowest BCUT2D eigenvalue weighted by molar-refractivity contribution is -0.516. The van der Waals surface area contributed by atoms with Crippen LogP contribution in [0.15, 0.2) is 24.3 Å². The fourth-order valence-corrected chi connectivity index (χ4v) is 1.32. The highest BCUT2D eigenvalue weighted by Crippen LogP contribution is 2.39. The second-order valence-electron chi connectivity index (χ2n) is 3.08. The van der Waals surface area contributed by atoms with Crippen LogP contribution in [0.2, 0.25) is 0 Å². The lowest BCUT2D eigenvalue weighted by Gasteiger charge is -1.94. The summed E-state index contributed by atoms with van der Waals surface area (Å²) in [6, 6.07) is 5.66. The molecule has 7 heteroatoms. The fraction of sp³-hybridized carbons (Fsp3) is 0.250. The first-order chi connectivity index (χ1) is 7.09. The van der Waals surface area contributed by atoms with E-state index in [1.165, 1.54) is 18.2 Å². The first-order valence-electron chi connectivity index (χ1n) is 4.13. The molecule has 7 nitrogen and oxygen atoms in total. The van der Waals surface area contributed by atoms with Crippen molar-refractivity contribution in [3.63, 3.8) is 0 Å². The normalized spacial score (nSPS) is 23.5. The van der Waals surface area contributed by atoms with Crippen LogP contribution in [-0.2, 0) is 4.74 Å². The molecule has 0 spiro atoms. The molecular weight excluding hydrogens is 204 g/mol. The number of non-ortho nitro benzene ring substituents is 1. The first-order valence-corrected chi connectivity index (χ1v) is 4.13. The number of epoxide rings is 1. The van der Waals surface area contributed by atoms with Crippen molar-refractivity contribution in [1.29, 1.82) is 0 Å². The number of ether oxygens (including phenoxy) is 1. The minimum absolute atomic E-state index is 0.0925. The van der Waals surface area contributed by atoms with Gasteiger partial charge in [0.25, 0.3) is 5.69 Å². The Labute approximate surface area is 83.6 Å². The Morgan fingerprint density at radius 1 is 1.27 bits per heavy atom. The van der Waals surface area contributed by atoms with Crippen molar-refractivity contribution in [3.8, 4) is 0 Å². The highest BCUT2D eigenvalue weighted by atomic mass is 16.7. The van der Waals surface area contributed by atoms with Crippen LogP contribution in [0.4, 0.5) is 5.69 Å². The maximum Gasteiger partial charge on any atom is 0.347 e. The van der Waals surface area contributed by atoms with Crippen LogP contribution in [0.1, 0.15) is 11.7 Å². The Morgan fingerprint density at radius 2 is 2.00 bits per heavy atom. The van der Waals surface area contributed by atoms with Gasteiger partial charge in [0.05, 0.1) is 9.85 Å². The summed E-state index contributed by atoms with van der Waals surface area (Å²) in [6.07, 6.45) is -1.72. The molecule has 2 unspecified atom stereocenters. The van der Waals surface area contributed by atoms with Crippen LogP contribution in [0.5, 0.6) is 0 Å². The average Bonchev–Trinajstić information content (AvgIpc) is 2.97. The van der Waals surface area contributed by atoms with Crippen LogP contribution < -0.4 is 0 Å². The standard InChI is InChI=1S/C8H6N2O5/c11-9(12)6-3-1-2-5(4-6)7-8(15-7)10(13)14/h1-4,7-8H. The van der Waals surface area contributed by atoms with E-state index < -0.39 is 22.2 Å². The Hall–Kier alpha value is -2.02. The smallest absolute Gasteiger partial charge is 0.296 e. The number of nitro benzene ring substituents is 1. The molecule has 2 rings (SSSR count). The molecule has 1 fully saturated rings. The second-order valence-corrected chi connectivity index (χ2v) is 3.08. The third kappa shape index (κ3) is 1.77. The third-order valence-corrected chi connectivity index (χ3v) is 2.09. The number of benzene rings is 1. The van der Waals surface area contributed by atoms with E-state index in [2.05, 4.69) is 0 Å². The molecule has 0 amide bonds. The van der Waals surface area contributed by atoms with Gasteiger partial charge in [-0.2, -0.15) is 0 Å². The number of nitro groups is 2.